The fourth-order valence-electron chi connectivity index (χ4n) is 1.75. The number of hydrogen-bond acceptors (Lipinski definition) is 0. The van der Waals surface area contributed by atoms with Crippen molar-refractivity contribution in [2.24, 2.45) is 0 Å². The van der Waals surface area contributed by atoms with E-state index in [9.17, 15) is 0 Å². The van der Waals surface area contributed by atoms with E-state index < -0.39 is 0 Å². The first-order valence-electron chi connectivity index (χ1n) is 6.62. The second-order valence-corrected chi connectivity index (χ2v) is 5.12. The molecule has 0 radical (unpaired) electrons. The Morgan fingerprint density at radius 2 is 1.27 bits per heavy atom. The zero-order chi connectivity index (χ0) is 11.2. The van der Waals surface area contributed by atoms with Crippen LogP contribution in [0.2, 0.25) is 0 Å². The normalized spacial score (nSPS) is 11.3. The quantitative estimate of drug-likeness (QED) is 0.192. The van der Waals surface area contributed by atoms with Crippen LogP contribution in [0, 0.1) is 0 Å². The molecule has 0 heterocycles. The van der Waals surface area contributed by atoms with E-state index in [0.717, 1.165) is 4.43 Å². The van der Waals surface area contributed by atoms with Crippen molar-refractivity contribution in [2.75, 3.05) is 4.43 Å². The van der Waals surface area contributed by atoms with Gasteiger partial charge in [0.15, 0.2) is 0 Å². The number of unbranched alkanes of at least 4 members (excludes halogenated alkanes) is 9. The van der Waals surface area contributed by atoms with Crippen molar-refractivity contribution in [1.82, 2.24) is 0 Å². The van der Waals surface area contributed by atoms with Crippen LogP contribution in [0.5, 0.6) is 0 Å². The summed E-state index contributed by atoms with van der Waals surface area (Å²) in [6.45, 7) is 2.28. The molecule has 90 valence electrons. The Balaban J connectivity index is 2.89. The number of rotatable bonds is 11. The molecule has 0 N–H and O–H groups in total. The van der Waals surface area contributed by atoms with Crippen molar-refractivity contribution in [3.8, 4) is 0 Å². The zero-order valence-electron chi connectivity index (χ0n) is 10.3. The van der Waals surface area contributed by atoms with Crippen LogP contribution >= 0.6 is 22.6 Å². The fraction of sp³-hybridized carbons (Fsp3) is 0.857. The lowest BCUT2D eigenvalue weighted by atomic mass is 10.1. The summed E-state index contributed by atoms with van der Waals surface area (Å²) in [5.74, 6) is 0. The highest BCUT2D eigenvalue weighted by Gasteiger charge is 1.90. The van der Waals surface area contributed by atoms with E-state index in [2.05, 4.69) is 41.7 Å². The summed E-state index contributed by atoms with van der Waals surface area (Å²) in [5.41, 5.74) is 0. The highest BCUT2D eigenvalue weighted by atomic mass is 127. The van der Waals surface area contributed by atoms with Gasteiger partial charge in [0.05, 0.1) is 0 Å². The van der Waals surface area contributed by atoms with Crippen LogP contribution in [0.1, 0.15) is 71.1 Å². The van der Waals surface area contributed by atoms with E-state index in [4.69, 9.17) is 0 Å². The molecule has 0 nitrogen and oxygen atoms in total. The Bertz CT molecular complexity index is 129. The molecular weight excluding hydrogens is 295 g/mol. The van der Waals surface area contributed by atoms with E-state index in [1.54, 1.807) is 0 Å². The standard InChI is InChI=1S/C14H27I/c1-2-3-4-5-6-7-8-9-10-11-12-13-14-15/h12-13H,2-11,14H2,1H3/b13-12+. The van der Waals surface area contributed by atoms with E-state index >= 15 is 0 Å². The van der Waals surface area contributed by atoms with E-state index in [1.165, 1.54) is 64.2 Å². The van der Waals surface area contributed by atoms with E-state index in [-0.39, 0.29) is 0 Å². The summed E-state index contributed by atoms with van der Waals surface area (Å²) >= 11 is 2.39. The average Bonchev–Trinajstić information content (AvgIpc) is 2.26. The van der Waals surface area contributed by atoms with Crippen molar-refractivity contribution < 1.29 is 0 Å². The van der Waals surface area contributed by atoms with Crippen LogP contribution in [0.4, 0.5) is 0 Å². The molecule has 1 heteroatoms. The Kier molecular flexibility index (Phi) is 14.9. The number of allylic oxidation sites excluding steroid dienone is 2. The second kappa shape index (κ2) is 14.5. The third-order valence-electron chi connectivity index (χ3n) is 2.73. The summed E-state index contributed by atoms with van der Waals surface area (Å²) in [6.07, 6.45) is 18.8. The average molecular weight is 322 g/mol. The Hall–Kier alpha value is 0.470. The first kappa shape index (κ1) is 15.5. The van der Waals surface area contributed by atoms with Crippen molar-refractivity contribution in [1.29, 1.82) is 0 Å². The Labute approximate surface area is 110 Å². The lowest BCUT2D eigenvalue weighted by Gasteiger charge is -2.00. The van der Waals surface area contributed by atoms with Gasteiger partial charge in [0, 0.05) is 4.43 Å². The zero-order valence-corrected chi connectivity index (χ0v) is 12.5. The molecule has 15 heavy (non-hydrogen) atoms. The Morgan fingerprint density at radius 1 is 0.733 bits per heavy atom. The molecule has 0 aromatic rings. The molecule has 0 aliphatic carbocycles. The first-order chi connectivity index (χ1) is 7.41. The maximum Gasteiger partial charge on any atom is 0.0175 e. The summed E-state index contributed by atoms with van der Waals surface area (Å²) in [4.78, 5) is 0. The third-order valence-corrected chi connectivity index (χ3v) is 3.24. The molecule has 0 rings (SSSR count). The molecule has 0 saturated carbocycles. The molecule has 0 amide bonds. The van der Waals surface area contributed by atoms with Gasteiger partial charge in [-0.1, -0.05) is 93.0 Å². The summed E-state index contributed by atoms with van der Waals surface area (Å²) in [6, 6.07) is 0. The van der Waals surface area contributed by atoms with Gasteiger partial charge in [-0.15, -0.1) is 0 Å². The highest BCUT2D eigenvalue weighted by Crippen LogP contribution is 2.10. The molecule has 0 aliphatic heterocycles. The predicted octanol–water partition coefficient (Wildman–Crippen LogP) is 5.90. The van der Waals surface area contributed by atoms with Gasteiger partial charge in [-0.3, -0.25) is 0 Å². The summed E-state index contributed by atoms with van der Waals surface area (Å²) < 4.78 is 1.16. The van der Waals surface area contributed by atoms with Crippen molar-refractivity contribution in [2.45, 2.75) is 71.1 Å². The van der Waals surface area contributed by atoms with Crippen molar-refractivity contribution >= 4 is 22.6 Å². The molecule has 0 fully saturated rings. The van der Waals surface area contributed by atoms with Crippen LogP contribution in [0.15, 0.2) is 12.2 Å². The summed E-state index contributed by atoms with van der Waals surface area (Å²) in [5, 5.41) is 0. The molecule has 0 bridgehead atoms. The molecule has 0 aromatic heterocycles. The predicted molar refractivity (Wildman–Crippen MR) is 79.9 cm³/mol. The molecule has 0 saturated heterocycles. The maximum atomic E-state index is 2.39. The fourth-order valence-corrected chi connectivity index (χ4v) is 2.11. The van der Waals surface area contributed by atoms with Gasteiger partial charge < -0.3 is 0 Å². The Morgan fingerprint density at radius 3 is 1.80 bits per heavy atom. The van der Waals surface area contributed by atoms with Crippen molar-refractivity contribution in [3.05, 3.63) is 12.2 Å². The lowest BCUT2D eigenvalue weighted by molar-refractivity contribution is 0.566. The molecule has 0 spiro atoms. The molecule has 0 aromatic carbocycles. The second-order valence-electron chi connectivity index (χ2n) is 4.24. The molecular formula is C14H27I. The van der Waals surface area contributed by atoms with Gasteiger partial charge in [-0.25, -0.2) is 0 Å². The topological polar surface area (TPSA) is 0 Å². The first-order valence-corrected chi connectivity index (χ1v) is 8.15. The minimum atomic E-state index is 1.16. The highest BCUT2D eigenvalue weighted by molar-refractivity contribution is 14.1. The van der Waals surface area contributed by atoms with E-state index in [0.29, 0.717) is 0 Å². The van der Waals surface area contributed by atoms with Gasteiger partial charge in [0.25, 0.3) is 0 Å². The van der Waals surface area contributed by atoms with Crippen LogP contribution in [-0.2, 0) is 0 Å². The molecule has 0 atom stereocenters. The van der Waals surface area contributed by atoms with Crippen LogP contribution < -0.4 is 0 Å². The third kappa shape index (κ3) is 14.5. The van der Waals surface area contributed by atoms with Crippen LogP contribution in [-0.4, -0.2) is 4.43 Å². The molecule has 0 unspecified atom stereocenters. The van der Waals surface area contributed by atoms with Gasteiger partial charge >= 0.3 is 0 Å². The van der Waals surface area contributed by atoms with Crippen molar-refractivity contribution in [3.63, 3.8) is 0 Å². The smallest absolute Gasteiger partial charge is 0.0175 e. The van der Waals surface area contributed by atoms with Crippen LogP contribution in [0.25, 0.3) is 0 Å². The maximum absolute atomic E-state index is 2.39. The number of hydrogen-bond donors (Lipinski definition) is 0. The lowest BCUT2D eigenvalue weighted by Crippen LogP contribution is -1.80. The molecule has 0 aliphatic rings. The minimum absolute atomic E-state index is 1.16. The monoisotopic (exact) mass is 322 g/mol. The largest absolute Gasteiger partial charge is 0.0878 e. The van der Waals surface area contributed by atoms with Gasteiger partial charge in [-0.05, 0) is 12.8 Å². The number of halogens is 1. The minimum Gasteiger partial charge on any atom is -0.0878 e. The van der Waals surface area contributed by atoms with E-state index in [1.807, 2.05) is 0 Å². The van der Waals surface area contributed by atoms with Gasteiger partial charge in [0.1, 0.15) is 0 Å². The summed E-state index contributed by atoms with van der Waals surface area (Å²) in [7, 11) is 0. The van der Waals surface area contributed by atoms with Crippen LogP contribution in [0.3, 0.4) is 0 Å². The van der Waals surface area contributed by atoms with Gasteiger partial charge in [0.2, 0.25) is 0 Å². The SMILES string of the molecule is CCCCCCCCCCC/C=C/CI. The number of alkyl halides is 1. The van der Waals surface area contributed by atoms with Gasteiger partial charge in [-0.2, -0.15) is 0 Å².